The SMILES string of the molecule is CCCC(CCC)C(=O)Nc1n[nH]c2cc(OC(C)CCCC(C)C)ccc12. The fraction of sp³-hybridized carbons (Fsp3) is 0.652. The highest BCUT2D eigenvalue weighted by Gasteiger charge is 2.19. The van der Waals surface area contributed by atoms with E-state index in [1.54, 1.807) is 0 Å². The lowest BCUT2D eigenvalue weighted by Gasteiger charge is -2.15. The molecule has 0 radical (unpaired) electrons. The van der Waals surface area contributed by atoms with Gasteiger partial charge in [0.1, 0.15) is 5.75 Å². The molecule has 1 unspecified atom stereocenters. The molecule has 0 aliphatic carbocycles. The lowest BCUT2D eigenvalue weighted by Crippen LogP contribution is -2.23. The average Bonchev–Trinajstić information content (AvgIpc) is 3.03. The van der Waals surface area contributed by atoms with Crippen molar-refractivity contribution in [2.45, 2.75) is 85.7 Å². The molecule has 0 aliphatic rings. The van der Waals surface area contributed by atoms with Crippen LogP contribution in [-0.2, 0) is 4.79 Å². The maximum atomic E-state index is 12.6. The normalized spacial score (nSPS) is 12.7. The number of nitrogens with one attached hydrogen (secondary N) is 2. The molecule has 2 aromatic rings. The van der Waals surface area contributed by atoms with E-state index < -0.39 is 0 Å². The van der Waals surface area contributed by atoms with Gasteiger partial charge < -0.3 is 10.1 Å². The van der Waals surface area contributed by atoms with Crippen molar-refractivity contribution in [3.8, 4) is 5.75 Å². The molecule has 2 rings (SSSR count). The lowest BCUT2D eigenvalue weighted by molar-refractivity contribution is -0.120. The zero-order valence-corrected chi connectivity index (χ0v) is 18.2. The van der Waals surface area contributed by atoms with Crippen molar-refractivity contribution >= 4 is 22.6 Å². The minimum Gasteiger partial charge on any atom is -0.491 e. The zero-order chi connectivity index (χ0) is 20.5. The van der Waals surface area contributed by atoms with Crippen molar-refractivity contribution < 1.29 is 9.53 Å². The summed E-state index contributed by atoms with van der Waals surface area (Å²) >= 11 is 0. The number of amides is 1. The molecule has 1 atom stereocenters. The molecule has 0 bridgehead atoms. The number of carbonyl (C=O) groups excluding carboxylic acids is 1. The first kappa shape index (κ1) is 22.3. The lowest BCUT2D eigenvalue weighted by atomic mass is 9.97. The number of fused-ring (bicyclic) bond motifs is 1. The monoisotopic (exact) mass is 387 g/mol. The van der Waals surface area contributed by atoms with Crippen LogP contribution in [0.1, 0.15) is 79.6 Å². The van der Waals surface area contributed by atoms with Gasteiger partial charge in [-0.25, -0.2) is 0 Å². The van der Waals surface area contributed by atoms with Gasteiger partial charge in [-0.15, -0.1) is 0 Å². The Labute approximate surface area is 169 Å². The van der Waals surface area contributed by atoms with Crippen LogP contribution in [0.4, 0.5) is 5.82 Å². The highest BCUT2D eigenvalue weighted by molar-refractivity contribution is 6.00. The Morgan fingerprint density at radius 3 is 2.46 bits per heavy atom. The molecule has 0 aliphatic heterocycles. The molecule has 1 amide bonds. The van der Waals surface area contributed by atoms with Crippen LogP contribution in [0, 0.1) is 11.8 Å². The van der Waals surface area contributed by atoms with E-state index in [9.17, 15) is 4.79 Å². The first-order chi connectivity index (χ1) is 13.4. The van der Waals surface area contributed by atoms with Crippen molar-refractivity contribution in [3.63, 3.8) is 0 Å². The molecule has 5 heteroatoms. The molecule has 2 N–H and O–H groups in total. The molecule has 1 aromatic carbocycles. The third-order valence-corrected chi connectivity index (χ3v) is 5.15. The molecular weight excluding hydrogens is 350 g/mol. The summed E-state index contributed by atoms with van der Waals surface area (Å²) in [7, 11) is 0. The molecule has 1 heterocycles. The van der Waals surface area contributed by atoms with Gasteiger partial charge in [0.05, 0.1) is 11.6 Å². The van der Waals surface area contributed by atoms with Crippen LogP contribution in [0.15, 0.2) is 18.2 Å². The summed E-state index contributed by atoms with van der Waals surface area (Å²) in [5, 5.41) is 11.3. The van der Waals surface area contributed by atoms with E-state index in [2.05, 4.69) is 50.1 Å². The van der Waals surface area contributed by atoms with E-state index in [1.165, 1.54) is 12.8 Å². The first-order valence-corrected chi connectivity index (χ1v) is 10.9. The number of aromatic nitrogens is 2. The summed E-state index contributed by atoms with van der Waals surface area (Å²) in [5.41, 5.74) is 0.879. The molecule has 28 heavy (non-hydrogen) atoms. The summed E-state index contributed by atoms with van der Waals surface area (Å²) in [6.45, 7) is 10.8. The van der Waals surface area contributed by atoms with Crippen molar-refractivity contribution in [1.82, 2.24) is 10.2 Å². The summed E-state index contributed by atoms with van der Waals surface area (Å²) in [6, 6.07) is 5.90. The number of hydrogen-bond acceptors (Lipinski definition) is 3. The van der Waals surface area contributed by atoms with Crippen LogP contribution in [0.2, 0.25) is 0 Å². The Balaban J connectivity index is 2.00. The smallest absolute Gasteiger partial charge is 0.228 e. The molecule has 5 nitrogen and oxygen atoms in total. The number of rotatable bonds is 12. The Bertz CT molecular complexity index is 733. The quantitative estimate of drug-likeness (QED) is 0.448. The van der Waals surface area contributed by atoms with Crippen molar-refractivity contribution in [2.75, 3.05) is 5.32 Å². The average molecular weight is 388 g/mol. The largest absolute Gasteiger partial charge is 0.491 e. The zero-order valence-electron chi connectivity index (χ0n) is 18.2. The van der Waals surface area contributed by atoms with Gasteiger partial charge in [-0.1, -0.05) is 47.0 Å². The van der Waals surface area contributed by atoms with E-state index in [0.29, 0.717) is 5.82 Å². The Morgan fingerprint density at radius 1 is 1.11 bits per heavy atom. The molecule has 156 valence electrons. The number of carbonyl (C=O) groups is 1. The van der Waals surface area contributed by atoms with Crippen LogP contribution in [0.25, 0.3) is 10.9 Å². The van der Waals surface area contributed by atoms with Gasteiger partial charge in [0, 0.05) is 17.4 Å². The highest BCUT2D eigenvalue weighted by Crippen LogP contribution is 2.27. The van der Waals surface area contributed by atoms with E-state index >= 15 is 0 Å². The van der Waals surface area contributed by atoms with Crippen LogP contribution in [-0.4, -0.2) is 22.2 Å². The molecular formula is C23H37N3O2. The Hall–Kier alpha value is -2.04. The number of aromatic amines is 1. The summed E-state index contributed by atoms with van der Waals surface area (Å²) in [6.07, 6.45) is 7.48. The van der Waals surface area contributed by atoms with Gasteiger partial charge in [0.25, 0.3) is 0 Å². The second-order valence-electron chi connectivity index (χ2n) is 8.30. The van der Waals surface area contributed by atoms with E-state index in [4.69, 9.17) is 4.74 Å². The van der Waals surface area contributed by atoms with E-state index in [-0.39, 0.29) is 17.9 Å². The fourth-order valence-corrected chi connectivity index (χ4v) is 3.59. The van der Waals surface area contributed by atoms with Gasteiger partial charge in [-0.2, -0.15) is 5.10 Å². The van der Waals surface area contributed by atoms with Crippen LogP contribution in [0.5, 0.6) is 5.75 Å². The predicted octanol–water partition coefficient (Wildman–Crippen LogP) is 6.31. The number of anilines is 1. The number of benzene rings is 1. The van der Waals surface area contributed by atoms with Gasteiger partial charge >= 0.3 is 0 Å². The third kappa shape index (κ3) is 6.54. The van der Waals surface area contributed by atoms with Crippen molar-refractivity contribution in [2.24, 2.45) is 11.8 Å². The van der Waals surface area contributed by atoms with E-state index in [1.807, 2.05) is 18.2 Å². The fourth-order valence-electron chi connectivity index (χ4n) is 3.59. The summed E-state index contributed by atoms with van der Waals surface area (Å²) < 4.78 is 6.06. The van der Waals surface area contributed by atoms with Crippen LogP contribution in [0.3, 0.4) is 0 Å². The van der Waals surface area contributed by atoms with Gasteiger partial charge in [-0.05, 0) is 50.7 Å². The number of nitrogens with zero attached hydrogens (tertiary/aromatic N) is 1. The summed E-state index contributed by atoms with van der Waals surface area (Å²) in [5.74, 6) is 2.29. The molecule has 0 saturated carbocycles. The number of H-pyrrole nitrogens is 1. The minimum absolute atomic E-state index is 0.0519. The molecule has 0 fully saturated rings. The maximum absolute atomic E-state index is 12.6. The third-order valence-electron chi connectivity index (χ3n) is 5.15. The van der Waals surface area contributed by atoms with Gasteiger partial charge in [0.15, 0.2) is 5.82 Å². The first-order valence-electron chi connectivity index (χ1n) is 10.9. The molecule has 0 saturated heterocycles. The van der Waals surface area contributed by atoms with Crippen LogP contribution >= 0.6 is 0 Å². The van der Waals surface area contributed by atoms with Gasteiger partial charge in [-0.3, -0.25) is 9.89 Å². The Kier molecular flexibility index (Phi) is 8.81. The van der Waals surface area contributed by atoms with Crippen molar-refractivity contribution in [1.29, 1.82) is 0 Å². The number of hydrogen-bond donors (Lipinski definition) is 2. The second-order valence-corrected chi connectivity index (χ2v) is 8.30. The Morgan fingerprint density at radius 2 is 1.82 bits per heavy atom. The maximum Gasteiger partial charge on any atom is 0.228 e. The minimum atomic E-state index is 0.0519. The van der Waals surface area contributed by atoms with Crippen molar-refractivity contribution in [3.05, 3.63) is 18.2 Å². The highest BCUT2D eigenvalue weighted by atomic mass is 16.5. The predicted molar refractivity (Wildman–Crippen MR) is 117 cm³/mol. The second kappa shape index (κ2) is 11.1. The van der Waals surface area contributed by atoms with Crippen LogP contribution < -0.4 is 10.1 Å². The topological polar surface area (TPSA) is 67.0 Å². The standard InChI is InChI=1S/C23H37N3O2/c1-6-9-18(10-7-2)23(27)24-22-20-14-13-19(15-21(20)25-26-22)28-17(5)12-8-11-16(3)4/h13-18H,6-12H2,1-5H3,(H2,24,25,26,27). The number of ether oxygens (including phenoxy) is 1. The molecule has 0 spiro atoms. The summed E-state index contributed by atoms with van der Waals surface area (Å²) in [4.78, 5) is 12.6. The van der Waals surface area contributed by atoms with E-state index in [0.717, 1.165) is 54.7 Å². The molecule has 1 aromatic heterocycles. The van der Waals surface area contributed by atoms with Gasteiger partial charge in [0.2, 0.25) is 5.91 Å².